The number of halogens is 1. The molecule has 0 aliphatic carbocycles. The third-order valence-corrected chi connectivity index (χ3v) is 5.95. The molecule has 3 aromatic rings. The Kier molecular flexibility index (Phi) is 3.78. The zero-order valence-electron chi connectivity index (χ0n) is 15.8. The number of hydrogen-bond acceptors (Lipinski definition) is 3. The van der Waals surface area contributed by atoms with E-state index in [-0.39, 0.29) is 11.9 Å². The number of Topliss-reactive ketones (excluding diaryl/α,β-unsaturated/α-hetero) is 1. The summed E-state index contributed by atoms with van der Waals surface area (Å²) in [5.41, 5.74) is 5.73. The number of ether oxygens (including phenoxy) is 1. The molecule has 0 amide bonds. The summed E-state index contributed by atoms with van der Waals surface area (Å²) < 4.78 is 6.46. The van der Waals surface area contributed by atoms with Gasteiger partial charge in [-0.15, -0.1) is 0 Å². The van der Waals surface area contributed by atoms with E-state index in [1.54, 1.807) is 0 Å². The van der Waals surface area contributed by atoms with Crippen LogP contribution in [0.15, 0.2) is 60.7 Å². The van der Waals surface area contributed by atoms with E-state index in [4.69, 9.17) is 16.3 Å². The summed E-state index contributed by atoms with van der Waals surface area (Å²) in [6.45, 7) is 3.86. The van der Waals surface area contributed by atoms with Gasteiger partial charge >= 0.3 is 0 Å². The lowest BCUT2D eigenvalue weighted by Gasteiger charge is -2.37. The molecule has 28 heavy (non-hydrogen) atoms. The molecule has 4 heteroatoms. The third kappa shape index (κ3) is 2.61. The van der Waals surface area contributed by atoms with Gasteiger partial charge in [0.2, 0.25) is 0 Å². The first-order chi connectivity index (χ1) is 13.4. The quantitative estimate of drug-likeness (QED) is 0.571. The average molecular weight is 390 g/mol. The van der Waals surface area contributed by atoms with E-state index in [1.807, 2.05) is 56.3 Å². The molecule has 1 N–H and O–H groups in total. The molecule has 0 unspecified atom stereocenters. The van der Waals surface area contributed by atoms with Crippen molar-refractivity contribution in [2.75, 3.05) is 5.32 Å². The molecule has 2 aliphatic heterocycles. The molecule has 0 aromatic heterocycles. The summed E-state index contributed by atoms with van der Waals surface area (Å²) in [5.74, 6) is 1.03. The number of fused-ring (bicyclic) bond motifs is 5. The van der Waals surface area contributed by atoms with Gasteiger partial charge in [-0.3, -0.25) is 4.79 Å². The second kappa shape index (κ2) is 6.11. The van der Waals surface area contributed by atoms with Gasteiger partial charge in [0.05, 0.1) is 5.54 Å². The van der Waals surface area contributed by atoms with E-state index in [1.165, 1.54) is 0 Å². The lowest BCUT2D eigenvalue weighted by Crippen LogP contribution is -2.45. The Balaban J connectivity index is 1.76. The summed E-state index contributed by atoms with van der Waals surface area (Å²) in [4.78, 5) is 12.8. The van der Waals surface area contributed by atoms with E-state index in [9.17, 15) is 4.79 Å². The molecule has 5 rings (SSSR count). The van der Waals surface area contributed by atoms with Crippen LogP contribution in [-0.4, -0.2) is 11.3 Å². The predicted octanol–water partition coefficient (Wildman–Crippen LogP) is 5.80. The Bertz CT molecular complexity index is 1100. The maximum atomic E-state index is 12.8. The molecular weight excluding hydrogens is 370 g/mol. The highest BCUT2D eigenvalue weighted by molar-refractivity contribution is 6.30. The van der Waals surface area contributed by atoms with Gasteiger partial charge in [0.25, 0.3) is 0 Å². The molecule has 3 nitrogen and oxygen atoms in total. The van der Waals surface area contributed by atoms with Crippen LogP contribution in [0.2, 0.25) is 5.02 Å². The van der Waals surface area contributed by atoms with Crippen LogP contribution in [-0.2, 0) is 11.2 Å². The van der Waals surface area contributed by atoms with E-state index in [0.717, 1.165) is 39.3 Å². The van der Waals surface area contributed by atoms with Gasteiger partial charge in [-0.2, -0.15) is 0 Å². The number of carbonyl (C=O) groups excluding carboxylic acids is 1. The van der Waals surface area contributed by atoms with Crippen molar-refractivity contribution in [3.63, 3.8) is 0 Å². The third-order valence-electron chi connectivity index (χ3n) is 5.70. The minimum atomic E-state index is -0.565. The summed E-state index contributed by atoms with van der Waals surface area (Å²) in [6, 6.07) is 20.0. The number of rotatable bonds is 1. The number of ketones is 1. The molecule has 0 saturated heterocycles. The Morgan fingerprint density at radius 1 is 1.00 bits per heavy atom. The fourth-order valence-electron chi connectivity index (χ4n) is 4.14. The zero-order chi connectivity index (χ0) is 19.5. The van der Waals surface area contributed by atoms with Crippen LogP contribution in [0.4, 0.5) is 5.69 Å². The topological polar surface area (TPSA) is 38.3 Å². The SMILES string of the molecule is CC1(C)Nc2ccc3c(c2CC1=O)[C@@H](c1ccc(Cl)cc1)Oc1ccccc1-3. The maximum absolute atomic E-state index is 12.8. The van der Waals surface area contributed by atoms with Crippen LogP contribution in [0.1, 0.15) is 36.6 Å². The van der Waals surface area contributed by atoms with E-state index in [2.05, 4.69) is 23.5 Å². The molecule has 2 aliphatic rings. The first-order valence-corrected chi connectivity index (χ1v) is 9.80. The Hall–Kier alpha value is -2.78. The Morgan fingerprint density at radius 3 is 2.54 bits per heavy atom. The molecule has 0 fully saturated rings. The van der Waals surface area contributed by atoms with Crippen LogP contribution < -0.4 is 10.1 Å². The van der Waals surface area contributed by atoms with E-state index in [0.29, 0.717) is 11.4 Å². The summed E-state index contributed by atoms with van der Waals surface area (Å²) >= 11 is 6.10. The molecule has 3 aromatic carbocycles. The van der Waals surface area contributed by atoms with Gasteiger partial charge in [0.15, 0.2) is 5.78 Å². The van der Waals surface area contributed by atoms with Crippen molar-refractivity contribution in [3.8, 4) is 16.9 Å². The predicted molar refractivity (Wildman–Crippen MR) is 112 cm³/mol. The first-order valence-electron chi connectivity index (χ1n) is 9.43. The smallest absolute Gasteiger partial charge is 0.162 e. The van der Waals surface area contributed by atoms with Crippen LogP contribution >= 0.6 is 11.6 Å². The number of nitrogens with one attached hydrogen (secondary N) is 1. The highest BCUT2D eigenvalue weighted by Gasteiger charge is 2.38. The van der Waals surface area contributed by atoms with Gasteiger partial charge < -0.3 is 10.1 Å². The van der Waals surface area contributed by atoms with Crippen LogP contribution in [0.5, 0.6) is 5.75 Å². The normalized spacial score (nSPS) is 19.0. The number of para-hydroxylation sites is 1. The molecule has 0 spiro atoms. The van der Waals surface area contributed by atoms with Gasteiger partial charge in [0.1, 0.15) is 11.9 Å². The highest BCUT2D eigenvalue weighted by Crippen LogP contribution is 2.49. The molecule has 0 bridgehead atoms. The first kappa shape index (κ1) is 17.3. The van der Waals surface area contributed by atoms with Gasteiger partial charge in [-0.05, 0) is 54.8 Å². The molecule has 1 atom stereocenters. The van der Waals surface area contributed by atoms with Crippen molar-refractivity contribution < 1.29 is 9.53 Å². The van der Waals surface area contributed by atoms with Crippen molar-refractivity contribution >= 4 is 23.1 Å². The van der Waals surface area contributed by atoms with Gasteiger partial charge in [-0.1, -0.05) is 48.0 Å². The standard InChI is InChI=1S/C24H20ClNO2/c1-24(2)21(27)13-18-19(26-24)12-11-17-16-5-3-4-6-20(16)28-23(22(17)18)14-7-9-15(25)10-8-14/h3-12,23,26H,13H2,1-2H3/t23-/m1/s1. The highest BCUT2D eigenvalue weighted by atomic mass is 35.5. The number of benzene rings is 3. The molecule has 0 radical (unpaired) electrons. The second-order valence-electron chi connectivity index (χ2n) is 7.95. The van der Waals surface area contributed by atoms with Crippen molar-refractivity contribution in [1.82, 2.24) is 0 Å². The van der Waals surface area contributed by atoms with Crippen molar-refractivity contribution in [2.45, 2.75) is 31.9 Å². The fraction of sp³-hybridized carbons (Fsp3) is 0.208. The lowest BCUT2D eigenvalue weighted by molar-refractivity contribution is -0.122. The zero-order valence-corrected chi connectivity index (χ0v) is 16.5. The summed E-state index contributed by atoms with van der Waals surface area (Å²) in [6.07, 6.45) is 0.113. The van der Waals surface area contributed by atoms with Crippen molar-refractivity contribution in [2.24, 2.45) is 0 Å². The van der Waals surface area contributed by atoms with Crippen LogP contribution in [0.25, 0.3) is 11.1 Å². The minimum Gasteiger partial charge on any atom is -0.480 e. The van der Waals surface area contributed by atoms with Gasteiger partial charge in [0, 0.05) is 28.3 Å². The molecule has 0 saturated carbocycles. The number of carbonyl (C=O) groups is 1. The summed E-state index contributed by atoms with van der Waals surface area (Å²) in [7, 11) is 0. The molecular formula is C24H20ClNO2. The second-order valence-corrected chi connectivity index (χ2v) is 8.38. The van der Waals surface area contributed by atoms with E-state index < -0.39 is 5.54 Å². The fourth-order valence-corrected chi connectivity index (χ4v) is 4.27. The van der Waals surface area contributed by atoms with Gasteiger partial charge in [-0.25, -0.2) is 0 Å². The Labute approximate surface area is 169 Å². The van der Waals surface area contributed by atoms with Crippen molar-refractivity contribution in [1.29, 1.82) is 0 Å². The molecule has 140 valence electrons. The monoisotopic (exact) mass is 389 g/mol. The maximum Gasteiger partial charge on any atom is 0.162 e. The van der Waals surface area contributed by atoms with Crippen molar-refractivity contribution in [3.05, 3.63) is 82.4 Å². The average Bonchev–Trinajstić information content (AvgIpc) is 2.68. The number of hydrogen-bond donors (Lipinski definition) is 1. The largest absolute Gasteiger partial charge is 0.480 e. The molecule has 2 heterocycles. The van der Waals surface area contributed by atoms with Crippen LogP contribution in [0.3, 0.4) is 0 Å². The number of anilines is 1. The lowest BCUT2D eigenvalue weighted by atomic mass is 9.80. The summed E-state index contributed by atoms with van der Waals surface area (Å²) in [5, 5.41) is 4.10. The van der Waals surface area contributed by atoms with Crippen LogP contribution in [0, 0.1) is 0 Å². The Morgan fingerprint density at radius 2 is 1.75 bits per heavy atom. The van der Waals surface area contributed by atoms with E-state index >= 15 is 0 Å². The minimum absolute atomic E-state index is 0.183.